The molecule has 0 saturated carbocycles. The van der Waals surface area contributed by atoms with Gasteiger partial charge in [-0.15, -0.1) is 0 Å². The van der Waals surface area contributed by atoms with Gasteiger partial charge < -0.3 is 9.30 Å². The van der Waals surface area contributed by atoms with Gasteiger partial charge in [0.05, 0.1) is 17.6 Å². The van der Waals surface area contributed by atoms with Crippen LogP contribution in [0.2, 0.25) is 5.02 Å². The summed E-state index contributed by atoms with van der Waals surface area (Å²) in [6.45, 7) is 5.46. The quantitative estimate of drug-likeness (QED) is 0.423. The van der Waals surface area contributed by atoms with Crippen molar-refractivity contribution in [1.82, 2.24) is 9.55 Å². The van der Waals surface area contributed by atoms with E-state index in [2.05, 4.69) is 42.7 Å². The maximum Gasteiger partial charge on any atom is 0.141 e. The van der Waals surface area contributed by atoms with Crippen molar-refractivity contribution in [3.63, 3.8) is 0 Å². The summed E-state index contributed by atoms with van der Waals surface area (Å²) in [5.41, 5.74) is 5.54. The van der Waals surface area contributed by atoms with Crippen molar-refractivity contribution < 1.29 is 4.74 Å². The Morgan fingerprint density at radius 3 is 2.37 bits per heavy atom. The minimum absolute atomic E-state index is 0.573. The molecule has 4 rings (SSSR count). The average Bonchev–Trinajstić information content (AvgIpc) is 3.00. The van der Waals surface area contributed by atoms with Crippen molar-refractivity contribution >= 4 is 22.6 Å². The van der Waals surface area contributed by atoms with Gasteiger partial charge in [-0.05, 0) is 73.5 Å². The maximum atomic E-state index is 6.05. The van der Waals surface area contributed by atoms with E-state index in [0.717, 1.165) is 33.2 Å². The van der Waals surface area contributed by atoms with Gasteiger partial charge in [-0.3, -0.25) is 0 Å². The molecule has 4 heteroatoms. The molecule has 3 aromatic carbocycles. The molecule has 27 heavy (non-hydrogen) atoms. The molecule has 0 aliphatic heterocycles. The molecule has 0 amide bonds. The number of nitrogens with zero attached hydrogens (tertiary/aromatic N) is 2. The van der Waals surface area contributed by atoms with Crippen LogP contribution >= 0.6 is 11.6 Å². The summed E-state index contributed by atoms with van der Waals surface area (Å²) < 4.78 is 8.24. The zero-order chi connectivity index (χ0) is 18.8. The Bertz CT molecular complexity index is 1060. The second kappa shape index (κ2) is 7.45. The molecule has 3 nitrogen and oxygen atoms in total. The Kier molecular flexibility index (Phi) is 4.87. The molecule has 0 fully saturated rings. The van der Waals surface area contributed by atoms with Gasteiger partial charge in [-0.1, -0.05) is 29.8 Å². The third-order valence-corrected chi connectivity index (χ3v) is 4.79. The predicted octanol–water partition coefficient (Wildman–Crippen LogP) is 6.05. The first-order valence-corrected chi connectivity index (χ1v) is 9.40. The molecule has 1 heterocycles. The van der Waals surface area contributed by atoms with Gasteiger partial charge in [0.1, 0.15) is 18.2 Å². The van der Waals surface area contributed by atoms with Crippen molar-refractivity contribution in [2.24, 2.45) is 0 Å². The normalized spacial score (nSPS) is 11.1. The van der Waals surface area contributed by atoms with E-state index in [1.54, 1.807) is 0 Å². The number of para-hydroxylation sites is 2. The molecule has 4 aromatic rings. The fourth-order valence-electron chi connectivity index (χ4n) is 3.39. The average molecular weight is 377 g/mol. The summed E-state index contributed by atoms with van der Waals surface area (Å²) in [6.07, 6.45) is 0. The van der Waals surface area contributed by atoms with Gasteiger partial charge in [-0.25, -0.2) is 4.98 Å². The standard InChI is InChI=1S/C23H21ClN2O/c1-16-13-17(2)15-20(14-16)27-12-11-26-22-6-4-3-5-21(22)25-23(26)18-7-9-19(24)10-8-18/h3-10,13-15H,11-12H2,1-2H3. The molecule has 136 valence electrons. The smallest absolute Gasteiger partial charge is 0.141 e. The minimum atomic E-state index is 0.573. The van der Waals surface area contributed by atoms with Crippen LogP contribution in [-0.2, 0) is 6.54 Å². The van der Waals surface area contributed by atoms with Crippen LogP contribution in [0.25, 0.3) is 22.4 Å². The number of aryl methyl sites for hydroxylation is 2. The molecule has 0 atom stereocenters. The predicted molar refractivity (Wildman–Crippen MR) is 112 cm³/mol. The molecule has 0 radical (unpaired) electrons. The van der Waals surface area contributed by atoms with Gasteiger partial charge in [0, 0.05) is 10.6 Å². The molecular weight excluding hydrogens is 356 g/mol. The highest BCUT2D eigenvalue weighted by atomic mass is 35.5. The Hall–Kier alpha value is -2.78. The third kappa shape index (κ3) is 3.83. The zero-order valence-electron chi connectivity index (χ0n) is 15.4. The van der Waals surface area contributed by atoms with Gasteiger partial charge >= 0.3 is 0 Å². The van der Waals surface area contributed by atoms with Crippen LogP contribution in [0.1, 0.15) is 11.1 Å². The van der Waals surface area contributed by atoms with E-state index in [9.17, 15) is 0 Å². The highest BCUT2D eigenvalue weighted by Gasteiger charge is 2.12. The fraction of sp³-hybridized carbons (Fsp3) is 0.174. The molecule has 0 spiro atoms. The lowest BCUT2D eigenvalue weighted by Gasteiger charge is -2.12. The molecular formula is C23H21ClN2O. The van der Waals surface area contributed by atoms with E-state index in [-0.39, 0.29) is 0 Å². The number of halogens is 1. The van der Waals surface area contributed by atoms with Crippen molar-refractivity contribution in [3.05, 3.63) is 82.9 Å². The number of hydrogen-bond acceptors (Lipinski definition) is 2. The molecule has 0 unspecified atom stereocenters. The Balaban J connectivity index is 1.63. The highest BCUT2D eigenvalue weighted by molar-refractivity contribution is 6.30. The summed E-state index contributed by atoms with van der Waals surface area (Å²) in [7, 11) is 0. The molecule has 0 N–H and O–H groups in total. The van der Waals surface area contributed by atoms with Crippen LogP contribution in [0.3, 0.4) is 0 Å². The topological polar surface area (TPSA) is 27.1 Å². The van der Waals surface area contributed by atoms with Crippen molar-refractivity contribution in [2.45, 2.75) is 20.4 Å². The van der Waals surface area contributed by atoms with Crippen molar-refractivity contribution in [1.29, 1.82) is 0 Å². The summed E-state index contributed by atoms with van der Waals surface area (Å²) in [4.78, 5) is 4.83. The Labute approximate surface area is 164 Å². The SMILES string of the molecule is Cc1cc(C)cc(OCCn2c(-c3ccc(Cl)cc3)nc3ccccc32)c1. The van der Waals surface area contributed by atoms with Gasteiger partial charge in [0.15, 0.2) is 0 Å². The van der Waals surface area contributed by atoms with Crippen LogP contribution in [-0.4, -0.2) is 16.2 Å². The summed E-state index contributed by atoms with van der Waals surface area (Å²) in [5.74, 6) is 1.84. The monoisotopic (exact) mass is 376 g/mol. The van der Waals surface area contributed by atoms with Crippen molar-refractivity contribution in [2.75, 3.05) is 6.61 Å². The summed E-state index contributed by atoms with van der Waals surface area (Å²) in [6, 6.07) is 22.3. The van der Waals surface area contributed by atoms with Crippen molar-refractivity contribution in [3.8, 4) is 17.1 Å². The van der Waals surface area contributed by atoms with Crippen LogP contribution in [0, 0.1) is 13.8 Å². The summed E-state index contributed by atoms with van der Waals surface area (Å²) in [5, 5.41) is 0.722. The second-order valence-corrected chi connectivity index (χ2v) is 7.19. The number of aromatic nitrogens is 2. The van der Waals surface area contributed by atoms with E-state index in [1.165, 1.54) is 11.1 Å². The fourth-order valence-corrected chi connectivity index (χ4v) is 3.52. The lowest BCUT2D eigenvalue weighted by molar-refractivity contribution is 0.300. The first kappa shape index (κ1) is 17.6. The highest BCUT2D eigenvalue weighted by Crippen LogP contribution is 2.26. The Morgan fingerprint density at radius 2 is 1.63 bits per heavy atom. The van der Waals surface area contributed by atoms with Crippen LogP contribution < -0.4 is 4.74 Å². The number of fused-ring (bicyclic) bond motifs is 1. The third-order valence-electron chi connectivity index (χ3n) is 4.54. The number of imidazole rings is 1. The van der Waals surface area contributed by atoms with Gasteiger partial charge in [0.25, 0.3) is 0 Å². The first-order chi connectivity index (χ1) is 13.1. The van der Waals surface area contributed by atoms with Crippen LogP contribution in [0.5, 0.6) is 5.75 Å². The molecule has 1 aromatic heterocycles. The van der Waals surface area contributed by atoms with Gasteiger partial charge in [-0.2, -0.15) is 0 Å². The van der Waals surface area contributed by atoms with Gasteiger partial charge in [0.2, 0.25) is 0 Å². The molecule has 0 bridgehead atoms. The number of ether oxygens (including phenoxy) is 1. The lowest BCUT2D eigenvalue weighted by Crippen LogP contribution is -2.09. The lowest BCUT2D eigenvalue weighted by atomic mass is 10.1. The number of benzene rings is 3. The van der Waals surface area contributed by atoms with E-state index < -0.39 is 0 Å². The Morgan fingerprint density at radius 1 is 0.926 bits per heavy atom. The second-order valence-electron chi connectivity index (χ2n) is 6.75. The van der Waals surface area contributed by atoms with E-state index in [1.807, 2.05) is 42.5 Å². The number of hydrogen-bond donors (Lipinski definition) is 0. The zero-order valence-corrected chi connectivity index (χ0v) is 16.2. The number of rotatable bonds is 5. The van der Waals surface area contributed by atoms with E-state index in [0.29, 0.717) is 13.2 Å². The minimum Gasteiger partial charge on any atom is -0.492 e. The molecule has 0 aliphatic rings. The van der Waals surface area contributed by atoms with E-state index in [4.69, 9.17) is 21.3 Å². The summed E-state index contributed by atoms with van der Waals surface area (Å²) >= 11 is 6.05. The molecule has 0 aliphatic carbocycles. The largest absolute Gasteiger partial charge is 0.492 e. The van der Waals surface area contributed by atoms with Crippen LogP contribution in [0.4, 0.5) is 0 Å². The van der Waals surface area contributed by atoms with E-state index >= 15 is 0 Å². The first-order valence-electron chi connectivity index (χ1n) is 9.02. The maximum absolute atomic E-state index is 6.05. The van der Waals surface area contributed by atoms with Crippen LogP contribution in [0.15, 0.2) is 66.7 Å². The molecule has 0 saturated heterocycles.